The van der Waals surface area contributed by atoms with Gasteiger partial charge in [-0.2, -0.15) is 0 Å². The maximum absolute atomic E-state index is 2.85. The lowest BCUT2D eigenvalue weighted by Crippen LogP contribution is -2.57. The normalized spacial score (nSPS) is 74.0. The molecule has 108 valence electrons. The average molecular weight is 269 g/mol. The first-order valence-electron chi connectivity index (χ1n) is 9.51. The largest absolute Gasteiger partial charge is 0.300 e. The minimum Gasteiger partial charge on any atom is -0.300 e. The van der Waals surface area contributed by atoms with Crippen molar-refractivity contribution in [2.45, 2.75) is 32.7 Å². The van der Waals surface area contributed by atoms with Crippen LogP contribution in [0.5, 0.6) is 0 Å². The third-order valence-corrected chi connectivity index (χ3v) is 9.97. The molecule has 12 atom stereocenters. The van der Waals surface area contributed by atoms with Gasteiger partial charge in [0, 0.05) is 19.1 Å². The van der Waals surface area contributed by atoms with Crippen LogP contribution in [0.25, 0.3) is 0 Å². The predicted octanol–water partition coefficient (Wildman–Crippen LogP) is 2.97. The highest BCUT2D eigenvalue weighted by molar-refractivity contribution is 5.32. The molecule has 1 aliphatic heterocycles. The molecule has 8 aliphatic rings. The lowest BCUT2D eigenvalue weighted by atomic mass is 9.44. The third kappa shape index (κ3) is 0.788. The lowest BCUT2D eigenvalue weighted by molar-refractivity contribution is -0.127. The molecule has 0 spiro atoms. The molecule has 8 fully saturated rings. The van der Waals surface area contributed by atoms with E-state index in [0.717, 1.165) is 17.9 Å². The molecule has 0 aromatic rings. The van der Waals surface area contributed by atoms with Crippen molar-refractivity contribution < 1.29 is 0 Å². The van der Waals surface area contributed by atoms with Gasteiger partial charge in [0.05, 0.1) is 0 Å². The van der Waals surface area contributed by atoms with Gasteiger partial charge < -0.3 is 4.90 Å². The van der Waals surface area contributed by atoms with Gasteiger partial charge in [-0.1, -0.05) is 0 Å². The van der Waals surface area contributed by atoms with Crippen molar-refractivity contribution >= 4 is 0 Å². The van der Waals surface area contributed by atoms with Crippen LogP contribution in [0.2, 0.25) is 0 Å². The highest BCUT2D eigenvalue weighted by Gasteiger charge is 2.84. The van der Waals surface area contributed by atoms with Crippen LogP contribution >= 0.6 is 0 Å². The van der Waals surface area contributed by atoms with Crippen LogP contribution in [-0.2, 0) is 0 Å². The highest BCUT2D eigenvalue weighted by atomic mass is 15.2. The summed E-state index contributed by atoms with van der Waals surface area (Å²) in [6.45, 7) is 7.81. The van der Waals surface area contributed by atoms with Gasteiger partial charge in [0.2, 0.25) is 0 Å². The molecule has 8 rings (SSSR count). The van der Waals surface area contributed by atoms with Crippen molar-refractivity contribution in [1.82, 2.24) is 4.90 Å². The smallest absolute Gasteiger partial charge is 0.00388 e. The predicted molar refractivity (Wildman–Crippen MR) is 77.8 cm³/mol. The highest BCUT2D eigenvalue weighted by Crippen LogP contribution is 2.88. The van der Waals surface area contributed by atoms with E-state index in [1.54, 1.807) is 12.8 Å². The molecule has 20 heavy (non-hydrogen) atoms. The van der Waals surface area contributed by atoms with E-state index in [1.165, 1.54) is 72.3 Å². The van der Waals surface area contributed by atoms with Gasteiger partial charge in [0.1, 0.15) is 0 Å². The van der Waals surface area contributed by atoms with Gasteiger partial charge in [-0.25, -0.2) is 0 Å². The zero-order valence-electron chi connectivity index (χ0n) is 12.8. The summed E-state index contributed by atoms with van der Waals surface area (Å²) >= 11 is 0. The van der Waals surface area contributed by atoms with Crippen LogP contribution in [0.4, 0.5) is 0 Å². The minimum absolute atomic E-state index is 0.791. The Bertz CT molecular complexity index is 466. The molecule has 0 amide bonds. The van der Waals surface area contributed by atoms with Gasteiger partial charge in [-0.3, -0.25) is 0 Å². The number of nitrogens with zero attached hydrogens (tertiary/aromatic N) is 1. The molecular formula is C19H27N. The van der Waals surface area contributed by atoms with Crippen LogP contribution in [0, 0.1) is 71.0 Å². The summed E-state index contributed by atoms with van der Waals surface area (Å²) in [5, 5.41) is 0. The van der Waals surface area contributed by atoms with Gasteiger partial charge in [-0.15, -0.1) is 0 Å². The molecule has 1 saturated heterocycles. The summed E-state index contributed by atoms with van der Waals surface area (Å²) in [7, 11) is 0. The fraction of sp³-hybridized carbons (Fsp3) is 1.00. The van der Waals surface area contributed by atoms with Gasteiger partial charge in [-0.05, 0) is 97.7 Å². The number of rotatable bonds is 1. The molecular weight excluding hydrogens is 242 g/mol. The second kappa shape index (κ2) is 2.90. The van der Waals surface area contributed by atoms with Crippen molar-refractivity contribution in [2.75, 3.05) is 13.1 Å². The van der Waals surface area contributed by atoms with E-state index in [2.05, 4.69) is 18.7 Å². The number of fused-ring (bicyclic) bond motifs is 1. The maximum Gasteiger partial charge on any atom is 0.00388 e. The van der Waals surface area contributed by atoms with E-state index < -0.39 is 0 Å². The first kappa shape index (κ1) is 10.6. The Morgan fingerprint density at radius 1 is 0.600 bits per heavy atom. The summed E-state index contributed by atoms with van der Waals surface area (Å²) in [4.78, 5) is 2.85. The number of hydrogen-bond acceptors (Lipinski definition) is 1. The van der Waals surface area contributed by atoms with Gasteiger partial charge >= 0.3 is 0 Å². The van der Waals surface area contributed by atoms with Crippen LogP contribution in [-0.4, -0.2) is 24.0 Å². The average Bonchev–Trinajstić information content (AvgIpc) is 2.99. The zero-order valence-corrected chi connectivity index (χ0v) is 12.8. The van der Waals surface area contributed by atoms with E-state index in [-0.39, 0.29) is 0 Å². The quantitative estimate of drug-likeness (QED) is 0.707. The number of hydrogen-bond donors (Lipinski definition) is 0. The summed E-state index contributed by atoms with van der Waals surface area (Å²) < 4.78 is 0. The molecule has 0 aromatic heterocycles. The summed E-state index contributed by atoms with van der Waals surface area (Å²) in [6, 6.07) is 0.791. The Morgan fingerprint density at radius 2 is 1.00 bits per heavy atom. The van der Waals surface area contributed by atoms with E-state index in [9.17, 15) is 0 Å². The molecule has 7 saturated carbocycles. The topological polar surface area (TPSA) is 3.24 Å². The minimum atomic E-state index is 0.791. The molecule has 1 nitrogen and oxygen atoms in total. The summed E-state index contributed by atoms with van der Waals surface area (Å²) in [6.07, 6.45) is 3.29. The Balaban J connectivity index is 1.39. The van der Waals surface area contributed by atoms with E-state index >= 15 is 0 Å². The van der Waals surface area contributed by atoms with Crippen molar-refractivity contribution in [2.24, 2.45) is 71.0 Å². The third-order valence-electron chi connectivity index (χ3n) is 9.97. The van der Waals surface area contributed by atoms with E-state index in [0.29, 0.717) is 0 Å². The van der Waals surface area contributed by atoms with E-state index in [4.69, 9.17) is 0 Å². The molecule has 0 N–H and O–H groups in total. The van der Waals surface area contributed by atoms with Crippen LogP contribution < -0.4 is 0 Å². The molecule has 1 heterocycles. The maximum atomic E-state index is 2.85. The van der Waals surface area contributed by atoms with Gasteiger partial charge in [0.25, 0.3) is 0 Å². The van der Waals surface area contributed by atoms with Crippen molar-refractivity contribution in [3.05, 3.63) is 0 Å². The molecule has 12 unspecified atom stereocenters. The SMILES string of the molecule is CC(C)N1CC2C(C1)C1C3C4CCC5C3C2C2C5C4C12. The summed E-state index contributed by atoms with van der Waals surface area (Å²) in [5.74, 6) is 14.6. The second-order valence-corrected chi connectivity index (χ2v) is 9.90. The Hall–Kier alpha value is -0.0400. The van der Waals surface area contributed by atoms with Crippen LogP contribution in [0.1, 0.15) is 26.7 Å². The molecule has 0 radical (unpaired) electrons. The first-order chi connectivity index (χ1) is 9.77. The Morgan fingerprint density at radius 3 is 1.45 bits per heavy atom. The first-order valence-corrected chi connectivity index (χ1v) is 9.51. The molecule has 0 aromatic carbocycles. The van der Waals surface area contributed by atoms with Crippen LogP contribution in [0.15, 0.2) is 0 Å². The van der Waals surface area contributed by atoms with E-state index in [1.807, 2.05) is 0 Å². The second-order valence-electron chi connectivity index (χ2n) is 9.90. The number of likely N-dealkylation sites (tertiary alicyclic amines) is 1. The Labute approximate surface area is 122 Å². The molecule has 4 bridgehead atoms. The zero-order chi connectivity index (χ0) is 12.9. The fourth-order valence-corrected chi connectivity index (χ4v) is 10.1. The summed E-state index contributed by atoms with van der Waals surface area (Å²) in [5.41, 5.74) is 0. The standard InChI is InChI=1S/C19H27N/c1-7(2)20-5-10-11(6-20)17-13-9-4-3-8-12(13)16(10)18-14(8)15(9)19(17)18/h7-19H,3-6H2,1-2H3. The van der Waals surface area contributed by atoms with Crippen molar-refractivity contribution in [3.8, 4) is 0 Å². The van der Waals surface area contributed by atoms with Crippen molar-refractivity contribution in [3.63, 3.8) is 0 Å². The molecule has 7 aliphatic carbocycles. The molecule has 1 heteroatoms. The monoisotopic (exact) mass is 269 g/mol. The Kier molecular flexibility index (Phi) is 1.54. The van der Waals surface area contributed by atoms with Crippen molar-refractivity contribution in [1.29, 1.82) is 0 Å². The lowest BCUT2D eigenvalue weighted by Gasteiger charge is -2.60. The van der Waals surface area contributed by atoms with Crippen LogP contribution in [0.3, 0.4) is 0 Å². The fourth-order valence-electron chi connectivity index (χ4n) is 10.1. The van der Waals surface area contributed by atoms with Gasteiger partial charge in [0.15, 0.2) is 0 Å².